The fraction of sp³-hybridized carbons (Fsp3) is 0.417. The zero-order valence-electron chi connectivity index (χ0n) is 9.23. The van der Waals surface area contributed by atoms with E-state index >= 15 is 0 Å². The Balaban J connectivity index is 1.86. The third-order valence-electron chi connectivity index (χ3n) is 2.69. The van der Waals surface area contributed by atoms with E-state index < -0.39 is 0 Å². The Bertz CT molecular complexity index is 381. The van der Waals surface area contributed by atoms with Gasteiger partial charge in [0, 0.05) is 23.1 Å². The molecule has 16 heavy (non-hydrogen) atoms. The van der Waals surface area contributed by atoms with E-state index in [1.807, 2.05) is 11.8 Å². The molecule has 1 aliphatic heterocycles. The summed E-state index contributed by atoms with van der Waals surface area (Å²) in [6, 6.07) is 8.45. The number of esters is 1. The van der Waals surface area contributed by atoms with Crippen molar-refractivity contribution in [2.24, 2.45) is 0 Å². The van der Waals surface area contributed by atoms with Crippen molar-refractivity contribution in [2.75, 3.05) is 26.0 Å². The fourth-order valence-electron chi connectivity index (χ4n) is 1.82. The molecule has 0 bridgehead atoms. The number of hydrogen-bond donors (Lipinski definition) is 1. The van der Waals surface area contributed by atoms with Crippen molar-refractivity contribution in [3.63, 3.8) is 0 Å². The van der Waals surface area contributed by atoms with Gasteiger partial charge in [0.05, 0.1) is 13.7 Å². The molecule has 1 heterocycles. The molecule has 3 nitrogen and oxygen atoms in total. The molecule has 1 aromatic carbocycles. The quantitative estimate of drug-likeness (QED) is 0.808. The molecular formula is C12H15NO2S. The molecule has 0 amide bonds. The Morgan fingerprint density at radius 3 is 3.19 bits per heavy atom. The Morgan fingerprint density at radius 2 is 2.38 bits per heavy atom. The lowest BCUT2D eigenvalue weighted by Crippen LogP contribution is -2.28. The maximum Gasteiger partial charge on any atom is 0.319 e. The Labute approximate surface area is 99.6 Å². The van der Waals surface area contributed by atoms with Gasteiger partial charge in [-0.1, -0.05) is 18.2 Å². The minimum Gasteiger partial charge on any atom is -0.468 e. The normalized spacial score (nSPS) is 18.2. The van der Waals surface area contributed by atoms with Crippen molar-refractivity contribution in [2.45, 2.75) is 10.8 Å². The average Bonchev–Trinajstić information content (AvgIpc) is 2.73. The maximum absolute atomic E-state index is 10.9. The highest BCUT2D eigenvalue weighted by atomic mass is 32.2. The number of hydrogen-bond acceptors (Lipinski definition) is 4. The van der Waals surface area contributed by atoms with Crippen LogP contribution in [-0.4, -0.2) is 31.9 Å². The predicted octanol–water partition coefficient (Wildman–Crippen LogP) is 1.64. The summed E-state index contributed by atoms with van der Waals surface area (Å²) in [6.45, 7) is 1.12. The smallest absolute Gasteiger partial charge is 0.319 e. The van der Waals surface area contributed by atoms with Gasteiger partial charge in [-0.25, -0.2) is 0 Å². The number of nitrogens with one attached hydrogen (secondary N) is 1. The summed E-state index contributed by atoms with van der Waals surface area (Å²) in [7, 11) is 1.41. The summed E-state index contributed by atoms with van der Waals surface area (Å²) in [5.41, 5.74) is 1.39. The minimum atomic E-state index is -0.209. The van der Waals surface area contributed by atoms with E-state index in [1.54, 1.807) is 0 Å². The number of carbonyl (C=O) groups excluding carboxylic acids is 1. The van der Waals surface area contributed by atoms with Crippen LogP contribution < -0.4 is 5.32 Å². The Morgan fingerprint density at radius 1 is 1.56 bits per heavy atom. The van der Waals surface area contributed by atoms with Gasteiger partial charge < -0.3 is 10.1 Å². The Kier molecular flexibility index (Phi) is 3.85. The van der Waals surface area contributed by atoms with E-state index in [2.05, 4.69) is 34.3 Å². The summed E-state index contributed by atoms with van der Waals surface area (Å²) in [4.78, 5) is 12.3. The fourth-order valence-corrected chi connectivity index (χ4v) is 3.07. The first-order valence-corrected chi connectivity index (χ1v) is 6.29. The number of carbonyl (C=O) groups is 1. The average molecular weight is 237 g/mol. The highest BCUT2D eigenvalue weighted by Gasteiger charge is 2.22. The SMILES string of the molecule is COC(=O)CNCC1CSc2ccccc21. The van der Waals surface area contributed by atoms with Crippen molar-refractivity contribution >= 4 is 17.7 Å². The highest BCUT2D eigenvalue weighted by molar-refractivity contribution is 7.99. The van der Waals surface area contributed by atoms with Crippen LogP contribution in [0.1, 0.15) is 11.5 Å². The predicted molar refractivity (Wildman–Crippen MR) is 64.8 cm³/mol. The zero-order valence-corrected chi connectivity index (χ0v) is 10.0. The molecule has 1 unspecified atom stereocenters. The topological polar surface area (TPSA) is 38.3 Å². The summed E-state index contributed by atoms with van der Waals surface area (Å²) >= 11 is 1.88. The number of fused-ring (bicyclic) bond motifs is 1. The maximum atomic E-state index is 10.9. The van der Waals surface area contributed by atoms with Gasteiger partial charge in [-0.05, 0) is 11.6 Å². The number of methoxy groups -OCH3 is 1. The van der Waals surface area contributed by atoms with Crippen molar-refractivity contribution in [1.29, 1.82) is 0 Å². The summed E-state index contributed by atoms with van der Waals surface area (Å²) < 4.78 is 4.58. The van der Waals surface area contributed by atoms with E-state index in [-0.39, 0.29) is 5.97 Å². The molecule has 1 aliphatic rings. The van der Waals surface area contributed by atoms with Crippen LogP contribution in [0.15, 0.2) is 29.2 Å². The minimum absolute atomic E-state index is 0.209. The van der Waals surface area contributed by atoms with Gasteiger partial charge in [-0.3, -0.25) is 4.79 Å². The van der Waals surface area contributed by atoms with E-state index in [1.165, 1.54) is 17.6 Å². The third kappa shape index (κ3) is 2.57. The molecule has 1 aromatic rings. The van der Waals surface area contributed by atoms with E-state index in [0.29, 0.717) is 12.5 Å². The molecule has 0 aromatic heterocycles. The van der Waals surface area contributed by atoms with Crippen LogP contribution in [0.2, 0.25) is 0 Å². The second-order valence-corrected chi connectivity index (χ2v) is 4.81. The first-order chi connectivity index (χ1) is 7.81. The van der Waals surface area contributed by atoms with Gasteiger partial charge in [-0.15, -0.1) is 11.8 Å². The van der Waals surface area contributed by atoms with E-state index in [9.17, 15) is 4.79 Å². The van der Waals surface area contributed by atoms with Gasteiger partial charge in [0.1, 0.15) is 0 Å². The van der Waals surface area contributed by atoms with E-state index in [0.717, 1.165) is 12.3 Å². The molecule has 86 valence electrons. The molecule has 1 atom stereocenters. The molecule has 0 radical (unpaired) electrons. The second-order valence-electron chi connectivity index (χ2n) is 3.75. The van der Waals surface area contributed by atoms with Crippen molar-refractivity contribution in [3.05, 3.63) is 29.8 Å². The lowest BCUT2D eigenvalue weighted by Gasteiger charge is -2.11. The zero-order chi connectivity index (χ0) is 11.4. The van der Waals surface area contributed by atoms with Gasteiger partial charge in [0.15, 0.2) is 0 Å². The second kappa shape index (κ2) is 5.37. The van der Waals surface area contributed by atoms with Gasteiger partial charge >= 0.3 is 5.97 Å². The molecule has 1 N–H and O–H groups in total. The highest BCUT2D eigenvalue weighted by Crippen LogP contribution is 2.38. The van der Waals surface area contributed by atoms with Crippen LogP contribution in [-0.2, 0) is 9.53 Å². The molecule has 0 saturated heterocycles. The monoisotopic (exact) mass is 237 g/mol. The van der Waals surface area contributed by atoms with E-state index in [4.69, 9.17) is 0 Å². The van der Waals surface area contributed by atoms with Crippen molar-refractivity contribution < 1.29 is 9.53 Å². The molecule has 0 fully saturated rings. The Hall–Kier alpha value is -1.00. The van der Waals surface area contributed by atoms with Crippen LogP contribution in [0.5, 0.6) is 0 Å². The lowest BCUT2D eigenvalue weighted by atomic mass is 10.0. The van der Waals surface area contributed by atoms with Crippen LogP contribution in [0.25, 0.3) is 0 Å². The van der Waals surface area contributed by atoms with Crippen LogP contribution in [0.4, 0.5) is 0 Å². The van der Waals surface area contributed by atoms with Crippen molar-refractivity contribution in [3.8, 4) is 0 Å². The standard InChI is InChI=1S/C12H15NO2S/c1-15-12(14)7-13-6-9-8-16-11-5-3-2-4-10(9)11/h2-5,9,13H,6-8H2,1H3. The first-order valence-electron chi connectivity index (χ1n) is 5.30. The molecule has 4 heteroatoms. The summed E-state index contributed by atoms with van der Waals surface area (Å²) in [5, 5.41) is 3.13. The molecule has 2 rings (SSSR count). The first kappa shape index (κ1) is 11.5. The van der Waals surface area contributed by atoms with Crippen LogP contribution >= 0.6 is 11.8 Å². The molecule has 0 aliphatic carbocycles. The largest absolute Gasteiger partial charge is 0.468 e. The van der Waals surface area contributed by atoms with Crippen molar-refractivity contribution in [1.82, 2.24) is 5.32 Å². The lowest BCUT2D eigenvalue weighted by molar-refractivity contribution is -0.139. The van der Waals surface area contributed by atoms with Crippen LogP contribution in [0.3, 0.4) is 0 Å². The molecular weight excluding hydrogens is 222 g/mol. The third-order valence-corrected chi connectivity index (χ3v) is 3.94. The van der Waals surface area contributed by atoms with Gasteiger partial charge in [0.2, 0.25) is 0 Å². The van der Waals surface area contributed by atoms with Gasteiger partial charge in [0.25, 0.3) is 0 Å². The number of benzene rings is 1. The number of thioether (sulfide) groups is 1. The number of ether oxygens (including phenoxy) is 1. The van der Waals surface area contributed by atoms with Crippen LogP contribution in [0, 0.1) is 0 Å². The summed E-state index contributed by atoms with van der Waals surface area (Å²) in [5.74, 6) is 1.39. The molecule has 0 saturated carbocycles. The van der Waals surface area contributed by atoms with Gasteiger partial charge in [-0.2, -0.15) is 0 Å². The summed E-state index contributed by atoms with van der Waals surface area (Å²) in [6.07, 6.45) is 0. The number of rotatable bonds is 4. The molecule has 0 spiro atoms.